The second-order valence-electron chi connectivity index (χ2n) is 7.33. The van der Waals surface area contributed by atoms with Crippen molar-refractivity contribution in [1.82, 2.24) is 10.6 Å². The number of nitrogens with zero attached hydrogens (tertiary/aromatic N) is 2. The maximum Gasteiger partial charge on any atom is 0.191 e. The van der Waals surface area contributed by atoms with E-state index in [9.17, 15) is 0 Å². The SMILES string of the molecule is COc1cccc(N2CC[C@@H](CN=C(NC3CC3)NC3CC3)C2)c1. The highest BCUT2D eigenvalue weighted by Gasteiger charge is 2.28. The summed E-state index contributed by atoms with van der Waals surface area (Å²) in [5.74, 6) is 2.60. The van der Waals surface area contributed by atoms with E-state index in [1.54, 1.807) is 7.11 Å². The fourth-order valence-corrected chi connectivity index (χ4v) is 3.22. The van der Waals surface area contributed by atoms with Gasteiger partial charge < -0.3 is 20.3 Å². The van der Waals surface area contributed by atoms with Gasteiger partial charge in [0.1, 0.15) is 5.75 Å². The van der Waals surface area contributed by atoms with Gasteiger partial charge in [-0.25, -0.2) is 0 Å². The Labute approximate surface area is 144 Å². The van der Waals surface area contributed by atoms with Crippen LogP contribution in [-0.2, 0) is 0 Å². The van der Waals surface area contributed by atoms with Crippen molar-refractivity contribution in [3.63, 3.8) is 0 Å². The maximum absolute atomic E-state index is 5.34. The van der Waals surface area contributed by atoms with Gasteiger partial charge in [-0.1, -0.05) is 6.07 Å². The third-order valence-electron chi connectivity index (χ3n) is 5.05. The highest BCUT2D eigenvalue weighted by molar-refractivity contribution is 5.81. The number of anilines is 1. The molecule has 0 amide bonds. The molecule has 1 aromatic carbocycles. The van der Waals surface area contributed by atoms with Crippen molar-refractivity contribution in [2.75, 3.05) is 31.6 Å². The highest BCUT2D eigenvalue weighted by atomic mass is 16.5. The van der Waals surface area contributed by atoms with Crippen LogP contribution in [0.1, 0.15) is 32.1 Å². The molecule has 0 aromatic heterocycles. The third-order valence-corrected chi connectivity index (χ3v) is 5.05. The molecule has 1 saturated heterocycles. The molecule has 0 radical (unpaired) electrons. The summed E-state index contributed by atoms with van der Waals surface area (Å²) in [5, 5.41) is 7.11. The number of guanidine groups is 1. The van der Waals surface area contributed by atoms with Gasteiger partial charge in [-0.2, -0.15) is 0 Å². The summed E-state index contributed by atoms with van der Waals surface area (Å²) >= 11 is 0. The Kier molecular flexibility index (Phi) is 4.50. The van der Waals surface area contributed by atoms with Gasteiger partial charge in [-0.05, 0) is 50.2 Å². The Bertz CT molecular complexity index is 579. The van der Waals surface area contributed by atoms with Crippen LogP contribution in [0.4, 0.5) is 5.69 Å². The lowest BCUT2D eigenvalue weighted by Gasteiger charge is -2.19. The lowest BCUT2D eigenvalue weighted by atomic mass is 10.1. The van der Waals surface area contributed by atoms with Crippen LogP contribution < -0.4 is 20.3 Å². The number of rotatable bonds is 6. The van der Waals surface area contributed by atoms with Crippen LogP contribution in [0.3, 0.4) is 0 Å². The molecule has 1 aliphatic heterocycles. The summed E-state index contributed by atoms with van der Waals surface area (Å²) in [5.41, 5.74) is 1.26. The Balaban J connectivity index is 1.32. The van der Waals surface area contributed by atoms with E-state index in [1.807, 2.05) is 6.07 Å². The zero-order valence-corrected chi connectivity index (χ0v) is 14.5. The van der Waals surface area contributed by atoms with Crippen molar-refractivity contribution in [3.8, 4) is 5.75 Å². The van der Waals surface area contributed by atoms with Gasteiger partial charge in [0.15, 0.2) is 5.96 Å². The van der Waals surface area contributed by atoms with Crippen molar-refractivity contribution < 1.29 is 4.74 Å². The lowest BCUT2D eigenvalue weighted by molar-refractivity contribution is 0.415. The van der Waals surface area contributed by atoms with Crippen molar-refractivity contribution in [2.24, 2.45) is 10.9 Å². The first kappa shape index (κ1) is 15.6. The molecule has 2 N–H and O–H groups in total. The first-order valence-electron chi connectivity index (χ1n) is 9.26. The molecular weight excluding hydrogens is 300 g/mol. The van der Waals surface area contributed by atoms with E-state index in [2.05, 4.69) is 33.7 Å². The largest absolute Gasteiger partial charge is 0.497 e. The minimum atomic E-state index is 0.633. The Morgan fingerprint density at radius 1 is 1.17 bits per heavy atom. The van der Waals surface area contributed by atoms with Crippen LogP contribution in [0, 0.1) is 5.92 Å². The molecule has 1 aromatic rings. The Morgan fingerprint density at radius 3 is 2.58 bits per heavy atom. The van der Waals surface area contributed by atoms with Gasteiger partial charge >= 0.3 is 0 Å². The van der Waals surface area contributed by atoms with E-state index in [4.69, 9.17) is 9.73 Å². The summed E-state index contributed by atoms with van der Waals surface area (Å²) < 4.78 is 5.34. The molecule has 2 aliphatic carbocycles. The predicted molar refractivity (Wildman–Crippen MR) is 97.9 cm³/mol. The normalized spacial score (nSPS) is 23.0. The summed E-state index contributed by atoms with van der Waals surface area (Å²) in [6.07, 6.45) is 6.37. The van der Waals surface area contributed by atoms with E-state index in [1.165, 1.54) is 37.8 Å². The molecule has 4 rings (SSSR count). The fourth-order valence-electron chi connectivity index (χ4n) is 3.22. The molecule has 5 heteroatoms. The van der Waals surface area contributed by atoms with Crippen LogP contribution >= 0.6 is 0 Å². The summed E-state index contributed by atoms with van der Waals surface area (Å²) in [6, 6.07) is 9.68. The number of ether oxygens (including phenoxy) is 1. The summed E-state index contributed by atoms with van der Waals surface area (Å²) in [6.45, 7) is 3.10. The highest BCUT2D eigenvalue weighted by Crippen LogP contribution is 2.27. The minimum absolute atomic E-state index is 0.633. The van der Waals surface area contributed by atoms with Crippen molar-refractivity contribution >= 4 is 11.6 Å². The number of hydrogen-bond donors (Lipinski definition) is 2. The second-order valence-corrected chi connectivity index (χ2v) is 7.33. The zero-order valence-electron chi connectivity index (χ0n) is 14.5. The fraction of sp³-hybridized carbons (Fsp3) is 0.632. The van der Waals surface area contributed by atoms with Gasteiger partial charge in [-0.15, -0.1) is 0 Å². The van der Waals surface area contributed by atoms with Gasteiger partial charge in [0.05, 0.1) is 7.11 Å². The van der Waals surface area contributed by atoms with E-state index in [0.29, 0.717) is 18.0 Å². The first-order valence-corrected chi connectivity index (χ1v) is 9.26. The topological polar surface area (TPSA) is 48.9 Å². The van der Waals surface area contributed by atoms with E-state index in [-0.39, 0.29) is 0 Å². The molecule has 3 aliphatic rings. The quantitative estimate of drug-likeness (QED) is 0.622. The first-order chi connectivity index (χ1) is 11.8. The number of nitrogens with one attached hydrogen (secondary N) is 2. The van der Waals surface area contributed by atoms with Crippen LogP contribution in [0.2, 0.25) is 0 Å². The molecule has 3 fully saturated rings. The molecule has 1 heterocycles. The number of hydrogen-bond acceptors (Lipinski definition) is 3. The van der Waals surface area contributed by atoms with Crippen LogP contribution in [0.5, 0.6) is 5.75 Å². The average Bonchev–Trinajstić information content (AvgIpc) is 3.54. The molecule has 0 spiro atoms. The Morgan fingerprint density at radius 2 is 1.92 bits per heavy atom. The molecule has 24 heavy (non-hydrogen) atoms. The van der Waals surface area contributed by atoms with Crippen LogP contribution in [-0.4, -0.2) is 44.8 Å². The van der Waals surface area contributed by atoms with Crippen molar-refractivity contribution in [2.45, 2.75) is 44.2 Å². The molecular formula is C19H28N4O. The second kappa shape index (κ2) is 6.91. The molecule has 0 unspecified atom stereocenters. The van der Waals surface area contributed by atoms with E-state index < -0.39 is 0 Å². The van der Waals surface area contributed by atoms with Crippen LogP contribution in [0.25, 0.3) is 0 Å². The molecule has 2 saturated carbocycles. The van der Waals surface area contributed by atoms with Crippen LogP contribution in [0.15, 0.2) is 29.3 Å². The Hall–Kier alpha value is -1.91. The molecule has 1 atom stereocenters. The van der Waals surface area contributed by atoms with Gasteiger partial charge in [-0.3, -0.25) is 4.99 Å². The number of benzene rings is 1. The van der Waals surface area contributed by atoms with Gasteiger partial charge in [0.25, 0.3) is 0 Å². The average molecular weight is 328 g/mol. The van der Waals surface area contributed by atoms with Gasteiger partial charge in [0.2, 0.25) is 0 Å². The van der Waals surface area contributed by atoms with E-state index in [0.717, 1.165) is 31.3 Å². The lowest BCUT2D eigenvalue weighted by Crippen LogP contribution is -2.40. The van der Waals surface area contributed by atoms with E-state index >= 15 is 0 Å². The smallest absolute Gasteiger partial charge is 0.191 e. The number of methoxy groups -OCH3 is 1. The number of aliphatic imine (C=N–C) groups is 1. The molecule has 5 nitrogen and oxygen atoms in total. The third kappa shape index (κ3) is 4.13. The zero-order chi connectivity index (χ0) is 16.4. The van der Waals surface area contributed by atoms with Crippen molar-refractivity contribution in [1.29, 1.82) is 0 Å². The standard InChI is InChI=1S/C19H28N4O/c1-24-18-4-2-3-17(11-18)23-10-9-14(13-23)12-20-19(21-15-5-6-15)22-16-7-8-16/h2-4,11,14-16H,5-10,12-13H2,1H3,(H2,20,21,22)/t14-/m0/s1. The summed E-state index contributed by atoms with van der Waals surface area (Å²) in [4.78, 5) is 7.32. The van der Waals surface area contributed by atoms with Crippen molar-refractivity contribution in [3.05, 3.63) is 24.3 Å². The minimum Gasteiger partial charge on any atom is -0.497 e. The predicted octanol–water partition coefficient (Wildman–Crippen LogP) is 2.38. The van der Waals surface area contributed by atoms with Gasteiger partial charge in [0, 0.05) is 43.5 Å². The monoisotopic (exact) mass is 328 g/mol. The molecule has 0 bridgehead atoms. The summed E-state index contributed by atoms with van der Waals surface area (Å²) in [7, 11) is 1.72. The maximum atomic E-state index is 5.34. The molecule has 130 valence electrons.